The molecule has 2 fully saturated rings. The van der Waals surface area contributed by atoms with Gasteiger partial charge in [0.1, 0.15) is 16.9 Å². The second kappa shape index (κ2) is 8.45. The molecule has 1 atom stereocenters. The van der Waals surface area contributed by atoms with Crippen LogP contribution in [0.4, 0.5) is 0 Å². The molecule has 148 valence electrons. The number of aliphatic carboxylic acids is 1. The number of likely N-dealkylation sites (tertiary alicyclic amines) is 1. The molecule has 2 heterocycles. The normalized spacial score (nSPS) is 21.2. The van der Waals surface area contributed by atoms with Crippen LogP contribution >= 0.6 is 24.0 Å². The monoisotopic (exact) mass is 418 g/mol. The van der Waals surface area contributed by atoms with Gasteiger partial charge in [-0.05, 0) is 36.0 Å². The summed E-state index contributed by atoms with van der Waals surface area (Å²) in [6.07, 6.45) is 2.85. The van der Waals surface area contributed by atoms with Crippen molar-refractivity contribution in [1.82, 2.24) is 9.80 Å². The Morgan fingerprint density at radius 3 is 2.61 bits per heavy atom. The van der Waals surface area contributed by atoms with Crippen LogP contribution in [-0.4, -0.2) is 56.1 Å². The molecule has 1 N–H and O–H groups in total. The number of rotatable bonds is 5. The maximum absolute atomic E-state index is 12.7. The fourth-order valence-electron chi connectivity index (χ4n) is 3.31. The molecule has 0 aliphatic carbocycles. The third-order valence-electron chi connectivity index (χ3n) is 4.93. The second-order valence-electron chi connectivity index (χ2n) is 7.17. The molecule has 6 nitrogen and oxygen atoms in total. The van der Waals surface area contributed by atoms with E-state index >= 15 is 0 Å². The molecule has 1 unspecified atom stereocenters. The van der Waals surface area contributed by atoms with Crippen LogP contribution in [0, 0.1) is 0 Å². The topological polar surface area (TPSA) is 77.9 Å². The first kappa shape index (κ1) is 20.5. The molecular formula is C20H22N2O4S2. The Morgan fingerprint density at radius 2 is 2.00 bits per heavy atom. The minimum absolute atomic E-state index is 0.224. The Kier molecular flexibility index (Phi) is 6.20. The van der Waals surface area contributed by atoms with Gasteiger partial charge in [-0.15, -0.1) is 0 Å². The van der Waals surface area contributed by atoms with Crippen LogP contribution in [0.3, 0.4) is 0 Å². The number of carbonyl (C=O) groups excluding carboxylic acids is 2. The fourth-order valence-corrected chi connectivity index (χ4v) is 4.57. The lowest BCUT2D eigenvalue weighted by molar-refractivity contribution is -0.148. The summed E-state index contributed by atoms with van der Waals surface area (Å²) in [5.41, 5.74) is 2.11. The Hall–Kier alpha value is -2.19. The van der Waals surface area contributed by atoms with Gasteiger partial charge in [0, 0.05) is 6.54 Å². The van der Waals surface area contributed by atoms with Crippen LogP contribution in [0.25, 0.3) is 6.08 Å². The van der Waals surface area contributed by atoms with Crippen molar-refractivity contribution in [1.29, 1.82) is 0 Å². The molecule has 2 aliphatic rings. The number of thiocarbonyl (C=S) groups is 1. The van der Waals surface area contributed by atoms with Crippen molar-refractivity contribution in [2.24, 2.45) is 0 Å². The van der Waals surface area contributed by atoms with Crippen molar-refractivity contribution >= 4 is 52.2 Å². The summed E-state index contributed by atoms with van der Waals surface area (Å²) in [5, 5.41) is 9.24. The van der Waals surface area contributed by atoms with Gasteiger partial charge < -0.3 is 10.0 Å². The highest BCUT2D eigenvalue weighted by Gasteiger charge is 2.38. The van der Waals surface area contributed by atoms with Gasteiger partial charge in [-0.1, -0.05) is 62.1 Å². The van der Waals surface area contributed by atoms with Crippen LogP contribution in [0.5, 0.6) is 0 Å². The molecule has 2 saturated heterocycles. The van der Waals surface area contributed by atoms with E-state index in [1.807, 2.05) is 24.3 Å². The van der Waals surface area contributed by atoms with Crippen molar-refractivity contribution in [2.75, 3.05) is 13.1 Å². The zero-order valence-corrected chi connectivity index (χ0v) is 17.4. The molecule has 3 rings (SSSR count). The molecule has 0 spiro atoms. The number of nitrogens with zero attached hydrogens (tertiary/aromatic N) is 2. The molecule has 1 aromatic rings. The Bertz CT molecular complexity index is 848. The Morgan fingerprint density at radius 1 is 1.32 bits per heavy atom. The number of carboxylic acids is 1. The van der Waals surface area contributed by atoms with E-state index in [-0.39, 0.29) is 18.4 Å². The van der Waals surface area contributed by atoms with Gasteiger partial charge in [0.25, 0.3) is 5.91 Å². The molecule has 1 aromatic carbocycles. The molecule has 0 aromatic heterocycles. The Labute approximate surface area is 173 Å². The predicted octanol–water partition coefficient (Wildman–Crippen LogP) is 3.09. The van der Waals surface area contributed by atoms with Crippen molar-refractivity contribution < 1.29 is 19.5 Å². The van der Waals surface area contributed by atoms with E-state index in [1.54, 1.807) is 6.08 Å². The maximum atomic E-state index is 12.7. The zero-order valence-electron chi connectivity index (χ0n) is 15.8. The maximum Gasteiger partial charge on any atom is 0.326 e. The van der Waals surface area contributed by atoms with Gasteiger partial charge >= 0.3 is 5.97 Å². The van der Waals surface area contributed by atoms with Gasteiger partial charge in [0.05, 0.1) is 4.91 Å². The molecule has 2 amide bonds. The van der Waals surface area contributed by atoms with E-state index in [9.17, 15) is 19.5 Å². The van der Waals surface area contributed by atoms with E-state index in [0.29, 0.717) is 34.5 Å². The van der Waals surface area contributed by atoms with Crippen LogP contribution in [0.2, 0.25) is 0 Å². The van der Waals surface area contributed by atoms with Crippen molar-refractivity contribution in [3.05, 3.63) is 40.3 Å². The summed E-state index contributed by atoms with van der Waals surface area (Å²) in [7, 11) is 0. The molecule has 0 bridgehead atoms. The number of carbonyl (C=O) groups is 3. The molecule has 28 heavy (non-hydrogen) atoms. The van der Waals surface area contributed by atoms with E-state index in [2.05, 4.69) is 13.8 Å². The van der Waals surface area contributed by atoms with Crippen LogP contribution in [0.1, 0.15) is 43.7 Å². The van der Waals surface area contributed by atoms with E-state index in [1.165, 1.54) is 15.4 Å². The summed E-state index contributed by atoms with van der Waals surface area (Å²) < 4.78 is 0.314. The number of benzene rings is 1. The van der Waals surface area contributed by atoms with Gasteiger partial charge in [0.15, 0.2) is 0 Å². The largest absolute Gasteiger partial charge is 0.480 e. The average molecular weight is 419 g/mol. The smallest absolute Gasteiger partial charge is 0.326 e. The van der Waals surface area contributed by atoms with Gasteiger partial charge in [-0.3, -0.25) is 14.5 Å². The number of carboxylic acid groups (broad SMARTS) is 1. The average Bonchev–Trinajstić information content (AvgIpc) is 3.23. The first-order chi connectivity index (χ1) is 13.3. The first-order valence-corrected chi connectivity index (χ1v) is 10.4. The number of hydrogen-bond donors (Lipinski definition) is 1. The minimum atomic E-state index is -1.01. The summed E-state index contributed by atoms with van der Waals surface area (Å²) >= 11 is 6.44. The third-order valence-corrected chi connectivity index (χ3v) is 6.30. The zero-order chi connectivity index (χ0) is 20.4. The number of thioether (sulfide) groups is 1. The molecule has 2 aliphatic heterocycles. The standard InChI is InChI=1S/C20H22N2O4S2/c1-12(2)14-7-5-13(6-8-14)10-16-18(24)22(20(27)28-16)11-17(23)21-9-3-4-15(21)19(25)26/h5-8,10,12,15H,3-4,9,11H2,1-2H3,(H,25,26). The molecule has 8 heteroatoms. The van der Waals surface area contributed by atoms with Gasteiger partial charge in [0.2, 0.25) is 5.91 Å². The van der Waals surface area contributed by atoms with Gasteiger partial charge in [-0.2, -0.15) is 0 Å². The van der Waals surface area contributed by atoms with Crippen LogP contribution in [-0.2, 0) is 14.4 Å². The lowest BCUT2D eigenvalue weighted by atomic mass is 10.0. The second-order valence-corrected chi connectivity index (χ2v) is 8.85. The summed E-state index contributed by atoms with van der Waals surface area (Å²) in [6, 6.07) is 7.14. The summed E-state index contributed by atoms with van der Waals surface area (Å²) in [5.74, 6) is -1.29. The highest BCUT2D eigenvalue weighted by atomic mass is 32.2. The number of amides is 2. The number of hydrogen-bond acceptors (Lipinski definition) is 5. The minimum Gasteiger partial charge on any atom is -0.480 e. The SMILES string of the molecule is CC(C)c1ccc(C=C2SC(=S)N(CC(=O)N3CCCC3C(=O)O)C2=O)cc1. The molecular weight excluding hydrogens is 396 g/mol. The van der Waals surface area contributed by atoms with Crippen LogP contribution in [0.15, 0.2) is 29.2 Å². The quantitative estimate of drug-likeness (QED) is 0.585. The summed E-state index contributed by atoms with van der Waals surface area (Å²) in [4.78, 5) is 39.6. The van der Waals surface area contributed by atoms with E-state index in [0.717, 1.165) is 17.3 Å². The van der Waals surface area contributed by atoms with Crippen molar-refractivity contribution in [3.8, 4) is 0 Å². The van der Waals surface area contributed by atoms with Crippen molar-refractivity contribution in [2.45, 2.75) is 38.6 Å². The lowest BCUT2D eigenvalue weighted by Gasteiger charge is -2.24. The highest BCUT2D eigenvalue weighted by Crippen LogP contribution is 2.33. The summed E-state index contributed by atoms with van der Waals surface area (Å²) in [6.45, 7) is 4.40. The highest BCUT2D eigenvalue weighted by molar-refractivity contribution is 8.26. The Balaban J connectivity index is 1.71. The van der Waals surface area contributed by atoms with Crippen LogP contribution < -0.4 is 0 Å². The van der Waals surface area contributed by atoms with E-state index < -0.39 is 12.0 Å². The molecule has 0 saturated carbocycles. The van der Waals surface area contributed by atoms with Gasteiger partial charge in [-0.25, -0.2) is 4.79 Å². The van der Waals surface area contributed by atoms with Crippen molar-refractivity contribution in [3.63, 3.8) is 0 Å². The van der Waals surface area contributed by atoms with E-state index in [4.69, 9.17) is 12.2 Å². The first-order valence-electron chi connectivity index (χ1n) is 9.15. The predicted molar refractivity (Wildman–Crippen MR) is 113 cm³/mol. The third kappa shape index (κ3) is 4.28. The fraction of sp³-hybridized carbons (Fsp3) is 0.400. The molecule has 0 radical (unpaired) electrons. The lowest BCUT2D eigenvalue weighted by Crippen LogP contribution is -2.46.